The molecule has 5 rings (SSSR count). The second kappa shape index (κ2) is 10.5. The van der Waals surface area contributed by atoms with Crippen molar-refractivity contribution in [3.8, 4) is 17.6 Å². The van der Waals surface area contributed by atoms with Crippen molar-refractivity contribution in [1.29, 1.82) is 0 Å². The van der Waals surface area contributed by atoms with Crippen LogP contribution in [0.2, 0.25) is 0 Å². The Kier molecular flexibility index (Phi) is 7.14. The molecule has 2 amide bonds. The highest BCUT2D eigenvalue weighted by Crippen LogP contribution is 2.51. The molecule has 0 bridgehead atoms. The number of carbonyl (C=O) groups excluding carboxylic acids is 4. The maximum absolute atomic E-state index is 13.7. The zero-order valence-corrected chi connectivity index (χ0v) is 22.9. The normalized spacial score (nSPS) is 23.0. The van der Waals surface area contributed by atoms with Crippen molar-refractivity contribution in [1.82, 2.24) is 4.90 Å². The zero-order chi connectivity index (χ0) is 30.5. The van der Waals surface area contributed by atoms with Crippen LogP contribution in [0.25, 0.3) is 0 Å². The van der Waals surface area contributed by atoms with Gasteiger partial charge in [0, 0.05) is 34.7 Å². The molecule has 0 aliphatic heterocycles. The SMILES string of the molecule is CN(C)CC(=O)Nc1ccc(C#Cc2ccc(O)c3c2C[C@H]2C[C@H]4CC(O)=C(C(N)=O)C(=O)[C@@]4(O)C(O)=C2C3=O)cc1. The number of carbonyl (C=O) groups is 4. The van der Waals surface area contributed by atoms with Crippen LogP contribution in [0.3, 0.4) is 0 Å². The number of hydrogen-bond donors (Lipinski definition) is 6. The molecule has 0 aromatic heterocycles. The number of nitrogens with zero attached hydrogens (tertiary/aromatic N) is 1. The average Bonchev–Trinajstić information content (AvgIpc) is 2.90. The molecule has 3 aliphatic rings. The number of nitrogens with one attached hydrogen (secondary N) is 1. The average molecular weight is 572 g/mol. The number of hydrogen-bond acceptors (Lipinski definition) is 9. The van der Waals surface area contributed by atoms with Gasteiger partial charge in [-0.25, -0.2) is 0 Å². The van der Waals surface area contributed by atoms with Crippen LogP contribution in [0.1, 0.15) is 39.9 Å². The van der Waals surface area contributed by atoms with E-state index in [0.29, 0.717) is 22.4 Å². The highest BCUT2D eigenvalue weighted by atomic mass is 16.3. The van der Waals surface area contributed by atoms with E-state index in [-0.39, 0.29) is 48.6 Å². The Morgan fingerprint density at radius 2 is 1.74 bits per heavy atom. The maximum Gasteiger partial charge on any atom is 0.255 e. The predicted molar refractivity (Wildman–Crippen MR) is 150 cm³/mol. The maximum atomic E-state index is 13.7. The number of allylic oxidation sites excluding steroid dienone is 2. The van der Waals surface area contributed by atoms with E-state index < -0.39 is 52.0 Å². The van der Waals surface area contributed by atoms with Crippen molar-refractivity contribution in [2.45, 2.75) is 24.9 Å². The van der Waals surface area contributed by atoms with Crippen molar-refractivity contribution in [3.05, 3.63) is 81.3 Å². The van der Waals surface area contributed by atoms with Crippen molar-refractivity contribution in [2.24, 2.45) is 17.6 Å². The van der Waals surface area contributed by atoms with Gasteiger partial charge in [-0.1, -0.05) is 11.8 Å². The van der Waals surface area contributed by atoms with Gasteiger partial charge in [0.1, 0.15) is 22.8 Å². The summed E-state index contributed by atoms with van der Waals surface area (Å²) in [5.41, 5.74) is 3.65. The lowest BCUT2D eigenvalue weighted by Gasteiger charge is -2.45. The number of primary amides is 1. The number of likely N-dealkylation sites (N-methyl/N-ethyl adjacent to an activating group) is 1. The molecule has 0 radical (unpaired) electrons. The fourth-order valence-corrected chi connectivity index (χ4v) is 6.00. The first-order valence-electron chi connectivity index (χ1n) is 13.2. The molecule has 0 spiro atoms. The summed E-state index contributed by atoms with van der Waals surface area (Å²) < 4.78 is 0. The van der Waals surface area contributed by atoms with E-state index in [0.717, 1.165) is 0 Å². The van der Waals surface area contributed by atoms with Crippen LogP contribution in [-0.4, -0.2) is 74.9 Å². The second-order valence-electron chi connectivity index (χ2n) is 11.0. The molecule has 0 unspecified atom stereocenters. The molecule has 3 aliphatic carbocycles. The molecule has 0 saturated heterocycles. The van der Waals surface area contributed by atoms with Crippen LogP contribution in [0.5, 0.6) is 5.75 Å². The summed E-state index contributed by atoms with van der Waals surface area (Å²) in [6.07, 6.45) is -0.107. The number of fused-ring (bicyclic) bond motifs is 3. The topological polar surface area (TPSA) is 190 Å². The van der Waals surface area contributed by atoms with Gasteiger partial charge in [0.2, 0.25) is 11.7 Å². The van der Waals surface area contributed by atoms with Crippen LogP contribution in [-0.2, 0) is 20.8 Å². The molecule has 0 fully saturated rings. The van der Waals surface area contributed by atoms with Gasteiger partial charge < -0.3 is 36.4 Å². The quantitative estimate of drug-likeness (QED) is 0.233. The van der Waals surface area contributed by atoms with Crippen LogP contribution in [0.15, 0.2) is 59.1 Å². The summed E-state index contributed by atoms with van der Waals surface area (Å²) in [4.78, 5) is 52.3. The van der Waals surface area contributed by atoms with Gasteiger partial charge in [-0.2, -0.15) is 0 Å². The van der Waals surface area contributed by atoms with Crippen LogP contribution >= 0.6 is 0 Å². The molecule has 11 heteroatoms. The minimum absolute atomic E-state index is 0.0342. The van der Waals surface area contributed by atoms with Gasteiger partial charge in [0.25, 0.3) is 5.91 Å². The minimum atomic E-state index is -2.61. The molecule has 3 atom stereocenters. The van der Waals surface area contributed by atoms with E-state index >= 15 is 0 Å². The molecule has 2 aromatic carbocycles. The van der Waals surface area contributed by atoms with Gasteiger partial charge >= 0.3 is 0 Å². The molecule has 2 aromatic rings. The molecular formula is C31H29N3O8. The number of aliphatic hydroxyl groups excluding tert-OH is 2. The number of rotatable bonds is 4. The number of benzene rings is 2. The monoisotopic (exact) mass is 571 g/mol. The largest absolute Gasteiger partial charge is 0.511 e. The van der Waals surface area contributed by atoms with E-state index in [1.165, 1.54) is 6.07 Å². The summed E-state index contributed by atoms with van der Waals surface area (Å²) in [5.74, 6) is -0.874. The summed E-state index contributed by atoms with van der Waals surface area (Å²) in [5, 5.41) is 46.2. The van der Waals surface area contributed by atoms with Gasteiger partial charge in [-0.3, -0.25) is 19.2 Å². The third-order valence-corrected chi connectivity index (χ3v) is 7.92. The summed E-state index contributed by atoms with van der Waals surface area (Å²) in [6.45, 7) is 0.241. The highest BCUT2D eigenvalue weighted by Gasteiger charge is 2.59. The third kappa shape index (κ3) is 4.70. The van der Waals surface area contributed by atoms with E-state index in [2.05, 4.69) is 17.2 Å². The fourth-order valence-electron chi connectivity index (χ4n) is 6.00. The Bertz CT molecular complexity index is 1680. The van der Waals surface area contributed by atoms with Gasteiger partial charge in [0.15, 0.2) is 11.4 Å². The van der Waals surface area contributed by atoms with Crippen molar-refractivity contribution in [2.75, 3.05) is 26.0 Å². The second-order valence-corrected chi connectivity index (χ2v) is 11.0. The van der Waals surface area contributed by atoms with Crippen molar-refractivity contribution >= 4 is 29.1 Å². The number of phenols is 1. The lowest BCUT2D eigenvalue weighted by Crippen LogP contribution is -2.57. The Morgan fingerprint density at radius 1 is 1.05 bits per heavy atom. The summed E-state index contributed by atoms with van der Waals surface area (Å²) in [7, 11) is 3.59. The molecular weight excluding hydrogens is 542 g/mol. The Hall–Kier alpha value is -4.92. The van der Waals surface area contributed by atoms with E-state index in [4.69, 9.17) is 5.73 Å². The van der Waals surface area contributed by atoms with E-state index in [1.807, 2.05) is 0 Å². The van der Waals surface area contributed by atoms with Crippen LogP contribution in [0.4, 0.5) is 5.69 Å². The summed E-state index contributed by atoms with van der Waals surface area (Å²) in [6, 6.07) is 9.79. The van der Waals surface area contributed by atoms with Crippen molar-refractivity contribution < 1.29 is 39.6 Å². The number of anilines is 1. The van der Waals surface area contributed by atoms with Crippen LogP contribution in [0, 0.1) is 23.7 Å². The smallest absolute Gasteiger partial charge is 0.255 e. The number of phenolic OH excluding ortho intramolecular Hbond substituents is 1. The molecule has 7 N–H and O–H groups in total. The first-order chi connectivity index (χ1) is 19.8. The summed E-state index contributed by atoms with van der Waals surface area (Å²) >= 11 is 0. The number of aliphatic hydroxyl groups is 3. The first-order valence-corrected chi connectivity index (χ1v) is 13.2. The number of Topliss-reactive ketones (excluding diaryl/α,β-unsaturated/α-hetero) is 2. The fraction of sp³-hybridized carbons (Fsp3) is 0.290. The highest BCUT2D eigenvalue weighted by molar-refractivity contribution is 6.24. The minimum Gasteiger partial charge on any atom is -0.511 e. The zero-order valence-electron chi connectivity index (χ0n) is 22.9. The lowest BCUT2D eigenvalue weighted by molar-refractivity contribution is -0.144. The van der Waals surface area contributed by atoms with Crippen LogP contribution < -0.4 is 11.1 Å². The molecule has 216 valence electrons. The first kappa shape index (κ1) is 28.6. The van der Waals surface area contributed by atoms with E-state index in [1.54, 1.807) is 49.3 Å². The molecule has 11 nitrogen and oxygen atoms in total. The predicted octanol–water partition coefficient (Wildman–Crippen LogP) is 1.48. The van der Waals surface area contributed by atoms with Gasteiger partial charge in [-0.05, 0) is 74.8 Å². The molecule has 0 heterocycles. The molecule has 0 saturated carbocycles. The third-order valence-electron chi connectivity index (χ3n) is 7.92. The number of aromatic hydroxyl groups is 1. The van der Waals surface area contributed by atoms with E-state index in [9.17, 15) is 39.6 Å². The Morgan fingerprint density at radius 3 is 2.38 bits per heavy atom. The van der Waals surface area contributed by atoms with Gasteiger partial charge in [-0.15, -0.1) is 0 Å². The van der Waals surface area contributed by atoms with Crippen molar-refractivity contribution in [3.63, 3.8) is 0 Å². The Balaban J connectivity index is 1.48. The van der Waals surface area contributed by atoms with Gasteiger partial charge in [0.05, 0.1) is 12.1 Å². The lowest BCUT2D eigenvalue weighted by atomic mass is 9.60. The number of nitrogens with two attached hydrogens (primary N) is 1. The Labute approximate surface area is 240 Å². The molecule has 42 heavy (non-hydrogen) atoms. The standard InChI is InChI=1S/C31H29N3O8/c1-34(2)14-23(37)33-19-8-4-15(5-9-19)3-6-16-7-10-21(35)25-20(16)12-17-11-18-13-22(36)26(30(32)41)29(40)31(18,42)28(39)24(17)27(25)38/h4-5,7-10,17-18,35-36,39,42H,11-14H2,1-2H3,(H2,32,41)(H,33,37)/t17-,18+,31+/m1/s1. The number of amides is 2. The number of ketones is 2.